The van der Waals surface area contributed by atoms with E-state index in [0.717, 1.165) is 35.5 Å². The van der Waals surface area contributed by atoms with Crippen LogP contribution in [0, 0.1) is 6.92 Å². The zero-order chi connectivity index (χ0) is 16.9. The molecule has 3 N–H and O–H groups in total. The predicted octanol–water partition coefficient (Wildman–Crippen LogP) is 3.95. The van der Waals surface area contributed by atoms with Gasteiger partial charge in [0.15, 0.2) is 5.96 Å². The maximum Gasteiger partial charge on any atom is 0.193 e. The second-order valence-electron chi connectivity index (χ2n) is 5.75. The number of nitrogens with one attached hydrogen (secondary N) is 1. The van der Waals surface area contributed by atoms with Crippen LogP contribution in [0.15, 0.2) is 53.5 Å². The molecule has 0 bridgehead atoms. The van der Waals surface area contributed by atoms with Crippen molar-refractivity contribution in [1.29, 1.82) is 0 Å². The Bertz CT molecular complexity index is 869. The van der Waals surface area contributed by atoms with E-state index in [4.69, 9.17) is 5.73 Å². The number of rotatable bonds is 5. The summed E-state index contributed by atoms with van der Waals surface area (Å²) in [5.41, 5.74) is 10.4. The van der Waals surface area contributed by atoms with Gasteiger partial charge in [-0.15, -0.1) is 24.0 Å². The third kappa shape index (κ3) is 4.72. The minimum Gasteiger partial charge on any atom is -0.370 e. The van der Waals surface area contributed by atoms with Gasteiger partial charge >= 0.3 is 0 Å². The zero-order valence-corrected chi connectivity index (χ0v) is 16.9. The van der Waals surface area contributed by atoms with E-state index in [2.05, 4.69) is 45.0 Å². The molecule has 0 amide bonds. The van der Waals surface area contributed by atoms with Crippen molar-refractivity contribution < 1.29 is 0 Å². The van der Waals surface area contributed by atoms with Crippen LogP contribution < -0.4 is 11.1 Å². The molecule has 0 saturated carbocycles. The van der Waals surface area contributed by atoms with Gasteiger partial charge in [-0.2, -0.15) is 0 Å². The summed E-state index contributed by atoms with van der Waals surface area (Å²) >= 11 is 0. The number of anilines is 1. The molecule has 0 atom stereocenters. The highest BCUT2D eigenvalue weighted by atomic mass is 127. The van der Waals surface area contributed by atoms with E-state index in [1.165, 1.54) is 5.56 Å². The lowest BCUT2D eigenvalue weighted by molar-refractivity contribution is 0.704. The van der Waals surface area contributed by atoms with Crippen LogP contribution in [-0.4, -0.2) is 22.1 Å². The predicted molar refractivity (Wildman–Crippen MR) is 116 cm³/mol. The van der Waals surface area contributed by atoms with E-state index in [9.17, 15) is 0 Å². The summed E-state index contributed by atoms with van der Waals surface area (Å²) in [7, 11) is 0. The number of nitrogens with two attached hydrogens (primary N) is 1. The summed E-state index contributed by atoms with van der Waals surface area (Å²) in [4.78, 5) is 9.00. The van der Waals surface area contributed by atoms with Gasteiger partial charge in [0.25, 0.3) is 0 Å². The van der Waals surface area contributed by atoms with Gasteiger partial charge in [-0.1, -0.05) is 31.2 Å². The number of imidazole rings is 1. The average molecular weight is 449 g/mol. The van der Waals surface area contributed by atoms with Crippen molar-refractivity contribution in [3.8, 4) is 0 Å². The topological polar surface area (TPSA) is 68.2 Å². The first-order valence-corrected chi connectivity index (χ1v) is 8.25. The van der Waals surface area contributed by atoms with Crippen molar-refractivity contribution in [3.05, 3.63) is 59.9 Å². The number of hydrogen-bond donors (Lipinski definition) is 2. The normalized spacial score (nSPS) is 11.4. The van der Waals surface area contributed by atoms with Crippen LogP contribution in [0.25, 0.3) is 11.0 Å². The summed E-state index contributed by atoms with van der Waals surface area (Å²) in [6.07, 6.45) is 1.000. The van der Waals surface area contributed by atoms with E-state index in [1.807, 2.05) is 37.3 Å². The van der Waals surface area contributed by atoms with Gasteiger partial charge < -0.3 is 15.6 Å². The number of nitrogens with zero attached hydrogens (tertiary/aromatic N) is 3. The first kappa shape index (κ1) is 19.2. The lowest BCUT2D eigenvalue weighted by Gasteiger charge is -2.08. The van der Waals surface area contributed by atoms with Gasteiger partial charge in [0.05, 0.1) is 17.6 Å². The molecule has 0 radical (unpaired) electrons. The van der Waals surface area contributed by atoms with Crippen molar-refractivity contribution in [2.75, 3.05) is 11.9 Å². The van der Waals surface area contributed by atoms with E-state index >= 15 is 0 Å². The maximum atomic E-state index is 6.00. The third-order valence-corrected chi connectivity index (χ3v) is 4.06. The number of halogens is 1. The minimum atomic E-state index is 0. The van der Waals surface area contributed by atoms with Crippen LogP contribution in [0.1, 0.15) is 18.3 Å². The van der Waals surface area contributed by atoms with Gasteiger partial charge in [0.1, 0.15) is 5.82 Å². The van der Waals surface area contributed by atoms with Gasteiger partial charge in [-0.25, -0.2) is 4.98 Å². The maximum absolute atomic E-state index is 6.00. The van der Waals surface area contributed by atoms with Gasteiger partial charge in [0, 0.05) is 12.2 Å². The van der Waals surface area contributed by atoms with Crippen molar-refractivity contribution in [1.82, 2.24) is 9.55 Å². The number of fused-ring (bicyclic) bond motifs is 1. The van der Waals surface area contributed by atoms with E-state index in [1.54, 1.807) is 0 Å². The molecule has 0 unspecified atom stereocenters. The molecule has 6 heteroatoms. The molecule has 3 aromatic rings. The lowest BCUT2D eigenvalue weighted by atomic mass is 10.1. The van der Waals surface area contributed by atoms with Crippen LogP contribution in [0.2, 0.25) is 0 Å². The molecule has 0 saturated heterocycles. The Hall–Kier alpha value is -2.09. The second kappa shape index (κ2) is 8.84. The standard InChI is InChI=1S/C19H23N5.HI/c1-3-15-7-6-8-16(13-15)23-19(20)21-11-12-24-14(2)22-17-9-4-5-10-18(17)24;/h4-10,13H,3,11-12H2,1-2H3,(H3,20,21,23);1H. The molecule has 1 aromatic heterocycles. The molecule has 0 aliphatic carbocycles. The Morgan fingerprint density at radius 1 is 1.20 bits per heavy atom. The number of aromatic nitrogens is 2. The fraction of sp³-hybridized carbons (Fsp3) is 0.263. The highest BCUT2D eigenvalue weighted by molar-refractivity contribution is 14.0. The van der Waals surface area contributed by atoms with Crippen LogP contribution in [0.5, 0.6) is 0 Å². The summed E-state index contributed by atoms with van der Waals surface area (Å²) in [5, 5.41) is 3.15. The Balaban J connectivity index is 0.00000225. The van der Waals surface area contributed by atoms with Crippen molar-refractivity contribution in [2.24, 2.45) is 10.7 Å². The number of benzene rings is 2. The van der Waals surface area contributed by atoms with Gasteiger partial charge in [-0.3, -0.25) is 4.99 Å². The van der Waals surface area contributed by atoms with E-state index in [-0.39, 0.29) is 24.0 Å². The van der Waals surface area contributed by atoms with Crippen LogP contribution in [-0.2, 0) is 13.0 Å². The number of hydrogen-bond acceptors (Lipinski definition) is 2. The van der Waals surface area contributed by atoms with Crippen LogP contribution in [0.3, 0.4) is 0 Å². The minimum absolute atomic E-state index is 0. The molecule has 1 heterocycles. The Kier molecular flexibility index (Phi) is 6.81. The monoisotopic (exact) mass is 449 g/mol. The molecule has 0 spiro atoms. The number of guanidine groups is 1. The first-order valence-electron chi connectivity index (χ1n) is 8.25. The van der Waals surface area contributed by atoms with Crippen molar-refractivity contribution in [2.45, 2.75) is 26.8 Å². The van der Waals surface area contributed by atoms with Gasteiger partial charge in [0.2, 0.25) is 0 Å². The van der Waals surface area contributed by atoms with Crippen LogP contribution >= 0.6 is 24.0 Å². The largest absolute Gasteiger partial charge is 0.370 e. The van der Waals surface area contributed by atoms with Crippen LogP contribution in [0.4, 0.5) is 5.69 Å². The SMILES string of the molecule is CCc1cccc(NC(N)=NCCn2c(C)nc3ccccc32)c1.I. The number of para-hydroxylation sites is 2. The second-order valence-corrected chi connectivity index (χ2v) is 5.75. The molecule has 2 aromatic carbocycles. The molecule has 0 fully saturated rings. The highest BCUT2D eigenvalue weighted by Crippen LogP contribution is 2.15. The molecule has 5 nitrogen and oxygen atoms in total. The molecule has 0 aliphatic rings. The van der Waals surface area contributed by atoms with Crippen molar-refractivity contribution >= 4 is 46.7 Å². The summed E-state index contributed by atoms with van der Waals surface area (Å²) in [6.45, 7) is 5.51. The molecule has 25 heavy (non-hydrogen) atoms. The summed E-state index contributed by atoms with van der Waals surface area (Å²) in [5.74, 6) is 1.43. The quantitative estimate of drug-likeness (QED) is 0.352. The number of aliphatic imine (C=N–C) groups is 1. The smallest absolute Gasteiger partial charge is 0.193 e. The summed E-state index contributed by atoms with van der Waals surface area (Å²) < 4.78 is 2.17. The van der Waals surface area contributed by atoms with Crippen molar-refractivity contribution in [3.63, 3.8) is 0 Å². The molecule has 132 valence electrons. The van der Waals surface area contributed by atoms with E-state index < -0.39 is 0 Å². The zero-order valence-electron chi connectivity index (χ0n) is 14.6. The lowest BCUT2D eigenvalue weighted by Crippen LogP contribution is -2.23. The number of aryl methyl sites for hydroxylation is 2. The molecular weight excluding hydrogens is 425 g/mol. The molecule has 0 aliphatic heterocycles. The first-order chi connectivity index (χ1) is 11.7. The van der Waals surface area contributed by atoms with E-state index in [0.29, 0.717) is 12.5 Å². The fourth-order valence-electron chi connectivity index (χ4n) is 2.81. The average Bonchev–Trinajstić information content (AvgIpc) is 2.91. The summed E-state index contributed by atoms with van der Waals surface area (Å²) in [6, 6.07) is 16.4. The Labute approximate surface area is 165 Å². The van der Waals surface area contributed by atoms with Gasteiger partial charge in [-0.05, 0) is 43.2 Å². The fourth-order valence-corrected chi connectivity index (χ4v) is 2.81. The Morgan fingerprint density at radius 2 is 2.00 bits per heavy atom. The highest BCUT2D eigenvalue weighted by Gasteiger charge is 2.05. The molecule has 3 rings (SSSR count). The Morgan fingerprint density at radius 3 is 2.80 bits per heavy atom. The third-order valence-electron chi connectivity index (χ3n) is 4.06. The molecular formula is C19H24IN5.